The van der Waals surface area contributed by atoms with Gasteiger partial charge in [0.25, 0.3) is 5.91 Å². The van der Waals surface area contributed by atoms with Crippen LogP contribution in [0.5, 0.6) is 0 Å². The number of rotatable bonds is 5. The zero-order valence-electron chi connectivity index (χ0n) is 16.0. The molecule has 0 bridgehead atoms. The number of aryl methyl sites for hydroxylation is 3. The molecule has 3 heterocycles. The molecule has 138 valence electrons. The molecule has 1 N–H and O–H groups in total. The van der Waals surface area contributed by atoms with E-state index in [1.54, 1.807) is 10.7 Å². The van der Waals surface area contributed by atoms with Gasteiger partial charge in [-0.05, 0) is 32.8 Å². The van der Waals surface area contributed by atoms with Gasteiger partial charge in [0, 0.05) is 19.2 Å². The molecule has 0 radical (unpaired) electrons. The summed E-state index contributed by atoms with van der Waals surface area (Å²) in [5, 5.41) is 12.0. The van der Waals surface area contributed by atoms with Gasteiger partial charge >= 0.3 is 0 Å². The maximum Gasteiger partial charge on any atom is 0.252 e. The van der Waals surface area contributed by atoms with Gasteiger partial charge in [0.2, 0.25) is 5.89 Å². The standard InChI is InChI=1S/C18H24N6O2/c1-9(2)7-14-21-18(26-23-14)12(5)20-17(25)13-8-10(3)19-16-15(13)11(4)22-24(16)6/h8-9,12H,7H2,1-6H3,(H,20,25)/t12-/m0/s1. The van der Waals surface area contributed by atoms with Gasteiger partial charge in [-0.15, -0.1) is 0 Å². The summed E-state index contributed by atoms with van der Waals surface area (Å²) in [7, 11) is 1.82. The van der Waals surface area contributed by atoms with Crippen molar-refractivity contribution in [2.45, 2.75) is 47.1 Å². The second kappa shape index (κ2) is 6.86. The minimum atomic E-state index is -0.392. The number of pyridine rings is 1. The Kier molecular flexibility index (Phi) is 4.76. The Bertz CT molecular complexity index is 956. The topological polar surface area (TPSA) is 98.7 Å². The van der Waals surface area contributed by atoms with Crippen LogP contribution in [-0.2, 0) is 13.5 Å². The molecule has 8 heteroatoms. The first-order valence-corrected chi connectivity index (χ1v) is 8.70. The predicted octanol–water partition coefficient (Wildman–Crippen LogP) is 2.66. The smallest absolute Gasteiger partial charge is 0.252 e. The molecule has 3 aromatic heterocycles. The molecule has 0 saturated heterocycles. The second-order valence-electron chi connectivity index (χ2n) is 7.06. The van der Waals surface area contributed by atoms with E-state index < -0.39 is 6.04 Å². The van der Waals surface area contributed by atoms with E-state index in [4.69, 9.17) is 4.52 Å². The number of carbonyl (C=O) groups excluding carboxylic acids is 1. The second-order valence-corrected chi connectivity index (χ2v) is 7.06. The highest BCUT2D eigenvalue weighted by atomic mass is 16.5. The van der Waals surface area contributed by atoms with Crippen molar-refractivity contribution in [3.05, 3.63) is 34.7 Å². The fourth-order valence-corrected chi connectivity index (χ4v) is 2.98. The summed E-state index contributed by atoms with van der Waals surface area (Å²) >= 11 is 0. The fraction of sp³-hybridized carbons (Fsp3) is 0.500. The van der Waals surface area contributed by atoms with Gasteiger partial charge in [-0.1, -0.05) is 19.0 Å². The van der Waals surface area contributed by atoms with Gasteiger partial charge in [0.05, 0.1) is 16.6 Å². The molecule has 0 saturated carbocycles. The van der Waals surface area contributed by atoms with Gasteiger partial charge in [-0.2, -0.15) is 10.1 Å². The van der Waals surface area contributed by atoms with E-state index in [2.05, 4.69) is 39.4 Å². The van der Waals surface area contributed by atoms with Crippen molar-refractivity contribution in [2.24, 2.45) is 13.0 Å². The third-order valence-electron chi connectivity index (χ3n) is 4.13. The minimum Gasteiger partial charge on any atom is -0.340 e. The van der Waals surface area contributed by atoms with Crippen molar-refractivity contribution in [3.8, 4) is 0 Å². The maximum absolute atomic E-state index is 12.9. The zero-order valence-corrected chi connectivity index (χ0v) is 16.0. The van der Waals surface area contributed by atoms with Crippen LogP contribution >= 0.6 is 0 Å². The van der Waals surface area contributed by atoms with Gasteiger partial charge in [0.1, 0.15) is 6.04 Å². The quantitative estimate of drug-likeness (QED) is 0.754. The summed E-state index contributed by atoms with van der Waals surface area (Å²) < 4.78 is 6.99. The van der Waals surface area contributed by atoms with Crippen LogP contribution in [0, 0.1) is 19.8 Å². The molecule has 26 heavy (non-hydrogen) atoms. The summed E-state index contributed by atoms with van der Waals surface area (Å²) in [5.74, 6) is 1.28. The van der Waals surface area contributed by atoms with E-state index in [-0.39, 0.29) is 5.91 Å². The molecule has 0 aromatic carbocycles. The lowest BCUT2D eigenvalue weighted by molar-refractivity contribution is 0.0934. The lowest BCUT2D eigenvalue weighted by Gasteiger charge is -2.11. The average Bonchev–Trinajstić information content (AvgIpc) is 3.11. The van der Waals surface area contributed by atoms with E-state index in [1.165, 1.54) is 0 Å². The lowest BCUT2D eigenvalue weighted by Crippen LogP contribution is -2.27. The number of nitrogens with one attached hydrogen (secondary N) is 1. The first-order valence-electron chi connectivity index (χ1n) is 8.70. The monoisotopic (exact) mass is 356 g/mol. The molecule has 3 rings (SSSR count). The number of hydrogen-bond acceptors (Lipinski definition) is 6. The van der Waals surface area contributed by atoms with Crippen LogP contribution in [-0.4, -0.2) is 30.8 Å². The van der Waals surface area contributed by atoms with Crippen molar-refractivity contribution in [1.29, 1.82) is 0 Å². The van der Waals surface area contributed by atoms with Crippen LogP contribution in [0.4, 0.5) is 0 Å². The van der Waals surface area contributed by atoms with Crippen LogP contribution in [0.15, 0.2) is 10.6 Å². The Hall–Kier alpha value is -2.77. The molecule has 0 spiro atoms. The molecule has 0 aliphatic carbocycles. The Morgan fingerprint density at radius 1 is 1.27 bits per heavy atom. The van der Waals surface area contributed by atoms with E-state index in [1.807, 2.05) is 27.8 Å². The summed E-state index contributed by atoms with van der Waals surface area (Å²) in [6.45, 7) is 9.74. The van der Waals surface area contributed by atoms with E-state index in [0.29, 0.717) is 28.8 Å². The van der Waals surface area contributed by atoms with Crippen molar-refractivity contribution < 1.29 is 9.32 Å². The molecule has 1 amide bonds. The molecule has 1 atom stereocenters. The number of hydrogen-bond donors (Lipinski definition) is 1. The number of aromatic nitrogens is 5. The fourth-order valence-electron chi connectivity index (χ4n) is 2.98. The SMILES string of the molecule is Cc1cc(C(=O)N[C@@H](C)c2nc(CC(C)C)no2)c2c(C)nn(C)c2n1. The molecule has 0 unspecified atom stereocenters. The van der Waals surface area contributed by atoms with Crippen molar-refractivity contribution in [3.63, 3.8) is 0 Å². The van der Waals surface area contributed by atoms with Gasteiger partial charge in [-0.25, -0.2) is 4.98 Å². The summed E-state index contributed by atoms with van der Waals surface area (Å²) in [6.07, 6.45) is 0.739. The minimum absolute atomic E-state index is 0.215. The van der Waals surface area contributed by atoms with Gasteiger partial charge in [0.15, 0.2) is 11.5 Å². The average molecular weight is 356 g/mol. The summed E-state index contributed by atoms with van der Waals surface area (Å²) in [6, 6.07) is 1.38. The Morgan fingerprint density at radius 3 is 2.69 bits per heavy atom. The Morgan fingerprint density at radius 2 is 2.00 bits per heavy atom. The van der Waals surface area contributed by atoms with Crippen LogP contribution < -0.4 is 5.32 Å². The van der Waals surface area contributed by atoms with Crippen molar-refractivity contribution in [2.75, 3.05) is 0 Å². The lowest BCUT2D eigenvalue weighted by atomic mass is 10.1. The third-order valence-corrected chi connectivity index (χ3v) is 4.13. The molecule has 0 aliphatic rings. The summed E-state index contributed by atoms with van der Waals surface area (Å²) in [5.41, 5.74) is 2.77. The van der Waals surface area contributed by atoms with Crippen molar-refractivity contribution >= 4 is 16.9 Å². The van der Waals surface area contributed by atoms with Crippen LogP contribution in [0.1, 0.15) is 60.3 Å². The number of carbonyl (C=O) groups is 1. The number of fused-ring (bicyclic) bond motifs is 1. The highest BCUT2D eigenvalue weighted by molar-refractivity contribution is 6.06. The van der Waals surface area contributed by atoms with Gasteiger partial charge < -0.3 is 9.84 Å². The predicted molar refractivity (Wildman–Crippen MR) is 96.7 cm³/mol. The Balaban J connectivity index is 1.86. The molecule has 3 aromatic rings. The van der Waals surface area contributed by atoms with Crippen LogP contribution in [0.2, 0.25) is 0 Å². The molecular weight excluding hydrogens is 332 g/mol. The van der Waals surface area contributed by atoms with Crippen LogP contribution in [0.3, 0.4) is 0 Å². The largest absolute Gasteiger partial charge is 0.340 e. The van der Waals surface area contributed by atoms with E-state index in [0.717, 1.165) is 23.2 Å². The van der Waals surface area contributed by atoms with E-state index >= 15 is 0 Å². The number of amides is 1. The first kappa shape index (κ1) is 18.0. The highest BCUT2D eigenvalue weighted by Crippen LogP contribution is 2.22. The maximum atomic E-state index is 12.9. The molecule has 0 fully saturated rings. The normalized spacial score (nSPS) is 12.7. The zero-order chi connectivity index (χ0) is 19.0. The summed E-state index contributed by atoms with van der Waals surface area (Å²) in [4.78, 5) is 21.7. The molecule has 0 aliphatic heterocycles. The number of nitrogens with zero attached hydrogens (tertiary/aromatic N) is 5. The third kappa shape index (κ3) is 3.44. The van der Waals surface area contributed by atoms with E-state index in [9.17, 15) is 4.79 Å². The molecular formula is C18H24N6O2. The van der Waals surface area contributed by atoms with Crippen molar-refractivity contribution in [1.82, 2.24) is 30.2 Å². The molecule has 8 nitrogen and oxygen atoms in total. The van der Waals surface area contributed by atoms with Gasteiger partial charge in [-0.3, -0.25) is 9.48 Å². The van der Waals surface area contributed by atoms with Crippen LogP contribution in [0.25, 0.3) is 11.0 Å². The first-order chi connectivity index (χ1) is 12.3. The Labute approximate surface area is 152 Å². The highest BCUT2D eigenvalue weighted by Gasteiger charge is 2.22.